The maximum atomic E-state index is 11.2. The van der Waals surface area contributed by atoms with Gasteiger partial charge in [-0.2, -0.15) is 5.10 Å². The highest BCUT2D eigenvalue weighted by molar-refractivity contribution is 5.87. The van der Waals surface area contributed by atoms with Gasteiger partial charge in [0.25, 0.3) is 0 Å². The summed E-state index contributed by atoms with van der Waals surface area (Å²) in [6, 6.07) is 5.57. The monoisotopic (exact) mass is 274 g/mol. The first kappa shape index (κ1) is 14.1. The molecule has 0 atom stereocenters. The summed E-state index contributed by atoms with van der Waals surface area (Å²) in [4.78, 5) is 11.2. The van der Waals surface area contributed by atoms with Crippen LogP contribution in [0.15, 0.2) is 18.2 Å². The largest absolute Gasteiger partial charge is 0.496 e. The molecule has 5 heteroatoms. The number of hydrogen-bond donors (Lipinski definition) is 1. The molecule has 0 saturated carbocycles. The normalized spacial score (nSPS) is 10.6. The molecule has 0 aliphatic heterocycles. The first-order chi connectivity index (χ1) is 9.47. The average molecular weight is 274 g/mol. The summed E-state index contributed by atoms with van der Waals surface area (Å²) in [6.07, 6.45) is 0. The fourth-order valence-electron chi connectivity index (χ4n) is 2.38. The van der Waals surface area contributed by atoms with Crippen molar-refractivity contribution >= 4 is 5.97 Å². The molecule has 0 radical (unpaired) electrons. The summed E-state index contributed by atoms with van der Waals surface area (Å²) in [7, 11) is 1.61. The molecule has 2 aromatic rings. The van der Waals surface area contributed by atoms with Crippen molar-refractivity contribution in [1.82, 2.24) is 9.78 Å². The van der Waals surface area contributed by atoms with Crippen molar-refractivity contribution in [3.63, 3.8) is 0 Å². The van der Waals surface area contributed by atoms with Crippen molar-refractivity contribution in [2.45, 2.75) is 27.3 Å². The Labute approximate surface area is 117 Å². The van der Waals surface area contributed by atoms with Crippen LogP contribution < -0.4 is 4.74 Å². The molecule has 20 heavy (non-hydrogen) atoms. The zero-order valence-electron chi connectivity index (χ0n) is 12.1. The van der Waals surface area contributed by atoms with E-state index in [1.165, 1.54) is 4.68 Å². The number of carboxylic acids is 1. The lowest BCUT2D eigenvalue weighted by molar-refractivity contribution is 0.0683. The minimum atomic E-state index is -0.978. The van der Waals surface area contributed by atoms with Crippen molar-refractivity contribution in [3.8, 4) is 17.0 Å². The SMILES string of the molecule is CCn1nc(-c2cc(C)cc(C)c2OC)cc1C(=O)O. The third-order valence-corrected chi connectivity index (χ3v) is 3.20. The fraction of sp³-hybridized carbons (Fsp3) is 0.333. The lowest BCUT2D eigenvalue weighted by atomic mass is 10.0. The topological polar surface area (TPSA) is 64.4 Å². The molecule has 0 bridgehead atoms. The lowest BCUT2D eigenvalue weighted by Crippen LogP contribution is -2.08. The third-order valence-electron chi connectivity index (χ3n) is 3.20. The van der Waals surface area contributed by atoms with Crippen LogP contribution in [0, 0.1) is 13.8 Å². The van der Waals surface area contributed by atoms with Gasteiger partial charge in [0.15, 0.2) is 0 Å². The number of aryl methyl sites for hydroxylation is 3. The van der Waals surface area contributed by atoms with Crippen LogP contribution in [0.2, 0.25) is 0 Å². The number of methoxy groups -OCH3 is 1. The predicted molar refractivity (Wildman–Crippen MR) is 76.3 cm³/mol. The van der Waals surface area contributed by atoms with Crippen LogP contribution in [0.25, 0.3) is 11.3 Å². The number of hydrogen-bond acceptors (Lipinski definition) is 3. The molecule has 1 aromatic carbocycles. The van der Waals surface area contributed by atoms with Gasteiger partial charge in [-0.05, 0) is 44.0 Å². The van der Waals surface area contributed by atoms with E-state index in [2.05, 4.69) is 5.10 Å². The van der Waals surface area contributed by atoms with Gasteiger partial charge in [0.2, 0.25) is 0 Å². The van der Waals surface area contributed by atoms with Crippen molar-refractivity contribution in [1.29, 1.82) is 0 Å². The number of carbonyl (C=O) groups is 1. The Hall–Kier alpha value is -2.30. The summed E-state index contributed by atoms with van der Waals surface area (Å²) < 4.78 is 6.91. The number of nitrogens with zero attached hydrogens (tertiary/aromatic N) is 2. The van der Waals surface area contributed by atoms with Gasteiger partial charge in [-0.3, -0.25) is 4.68 Å². The van der Waals surface area contributed by atoms with Gasteiger partial charge in [0, 0.05) is 12.1 Å². The van der Waals surface area contributed by atoms with Crippen LogP contribution >= 0.6 is 0 Å². The maximum absolute atomic E-state index is 11.2. The van der Waals surface area contributed by atoms with Gasteiger partial charge >= 0.3 is 5.97 Å². The Bertz CT molecular complexity index is 659. The summed E-state index contributed by atoms with van der Waals surface area (Å²) in [5.74, 6) is -0.248. The van der Waals surface area contributed by atoms with Crippen LogP contribution in [0.1, 0.15) is 28.5 Å². The second-order valence-corrected chi connectivity index (χ2v) is 4.70. The minimum Gasteiger partial charge on any atom is -0.496 e. The van der Waals surface area contributed by atoms with Crippen molar-refractivity contribution < 1.29 is 14.6 Å². The number of rotatable bonds is 4. The molecule has 0 aliphatic rings. The van der Waals surface area contributed by atoms with E-state index in [0.717, 1.165) is 22.4 Å². The third kappa shape index (κ3) is 2.39. The number of aromatic nitrogens is 2. The first-order valence-electron chi connectivity index (χ1n) is 6.44. The number of carboxylic acid groups (broad SMARTS) is 1. The van der Waals surface area contributed by atoms with Crippen LogP contribution in [0.4, 0.5) is 0 Å². The van der Waals surface area contributed by atoms with Crippen LogP contribution in [0.5, 0.6) is 5.75 Å². The van der Waals surface area contributed by atoms with Gasteiger partial charge in [-0.1, -0.05) is 6.07 Å². The zero-order valence-corrected chi connectivity index (χ0v) is 12.1. The molecule has 0 amide bonds. The summed E-state index contributed by atoms with van der Waals surface area (Å²) in [5, 5.41) is 13.6. The Morgan fingerprint density at radius 3 is 2.55 bits per heavy atom. The van der Waals surface area contributed by atoms with E-state index in [-0.39, 0.29) is 5.69 Å². The first-order valence-corrected chi connectivity index (χ1v) is 6.44. The van der Waals surface area contributed by atoms with Gasteiger partial charge < -0.3 is 9.84 Å². The standard InChI is InChI=1S/C15H18N2O3/c1-5-17-13(15(18)19)8-12(16-17)11-7-9(2)6-10(3)14(11)20-4/h6-8H,5H2,1-4H3,(H,18,19). The molecule has 1 heterocycles. The average Bonchev–Trinajstić information content (AvgIpc) is 2.82. The summed E-state index contributed by atoms with van der Waals surface area (Å²) in [6.45, 7) is 6.33. The second-order valence-electron chi connectivity index (χ2n) is 4.70. The summed E-state index contributed by atoms with van der Waals surface area (Å²) >= 11 is 0. The number of ether oxygens (including phenoxy) is 1. The van der Waals surface area contributed by atoms with E-state index >= 15 is 0 Å². The Balaban J connectivity index is 2.65. The van der Waals surface area contributed by atoms with E-state index in [1.807, 2.05) is 32.9 Å². The maximum Gasteiger partial charge on any atom is 0.354 e. The smallest absolute Gasteiger partial charge is 0.354 e. The van der Waals surface area contributed by atoms with Gasteiger partial charge in [0.1, 0.15) is 11.4 Å². The van der Waals surface area contributed by atoms with Crippen LogP contribution in [-0.4, -0.2) is 28.0 Å². The van der Waals surface area contributed by atoms with Gasteiger partial charge in [-0.15, -0.1) is 0 Å². The highest BCUT2D eigenvalue weighted by Gasteiger charge is 2.18. The Morgan fingerprint density at radius 2 is 2.05 bits per heavy atom. The quantitative estimate of drug-likeness (QED) is 0.931. The van der Waals surface area contributed by atoms with Crippen molar-refractivity contribution in [2.75, 3.05) is 7.11 Å². The molecule has 5 nitrogen and oxygen atoms in total. The van der Waals surface area contributed by atoms with E-state index in [1.54, 1.807) is 13.2 Å². The predicted octanol–water partition coefficient (Wildman–Crippen LogP) is 2.89. The van der Waals surface area contributed by atoms with Gasteiger partial charge in [-0.25, -0.2) is 4.79 Å². The number of benzene rings is 1. The van der Waals surface area contributed by atoms with Crippen molar-refractivity contribution in [2.24, 2.45) is 0 Å². The molecule has 0 saturated heterocycles. The molecule has 1 N–H and O–H groups in total. The molecule has 0 aliphatic carbocycles. The second kappa shape index (κ2) is 5.36. The molecular weight excluding hydrogens is 256 g/mol. The molecule has 2 rings (SSSR count). The Morgan fingerprint density at radius 1 is 1.35 bits per heavy atom. The van der Waals surface area contributed by atoms with Crippen LogP contribution in [0.3, 0.4) is 0 Å². The van der Waals surface area contributed by atoms with Crippen molar-refractivity contribution in [3.05, 3.63) is 35.0 Å². The Kier molecular flexibility index (Phi) is 3.79. The summed E-state index contributed by atoms with van der Waals surface area (Å²) in [5.41, 5.74) is 3.71. The van der Waals surface area contributed by atoms with E-state index in [4.69, 9.17) is 4.74 Å². The van der Waals surface area contributed by atoms with E-state index in [9.17, 15) is 9.90 Å². The molecule has 0 unspecified atom stereocenters. The fourth-order valence-corrected chi connectivity index (χ4v) is 2.38. The minimum absolute atomic E-state index is 0.184. The van der Waals surface area contributed by atoms with Crippen LogP contribution in [-0.2, 0) is 6.54 Å². The zero-order chi connectivity index (χ0) is 14.9. The highest BCUT2D eigenvalue weighted by Crippen LogP contribution is 2.33. The lowest BCUT2D eigenvalue weighted by Gasteiger charge is -2.11. The molecular formula is C15H18N2O3. The molecule has 0 spiro atoms. The molecule has 1 aromatic heterocycles. The molecule has 106 valence electrons. The van der Waals surface area contributed by atoms with E-state index < -0.39 is 5.97 Å². The highest BCUT2D eigenvalue weighted by atomic mass is 16.5. The van der Waals surface area contributed by atoms with E-state index in [0.29, 0.717) is 12.2 Å². The number of aromatic carboxylic acids is 1. The van der Waals surface area contributed by atoms with Gasteiger partial charge in [0.05, 0.1) is 12.8 Å². The molecule has 0 fully saturated rings.